The molecule has 1 aliphatic heterocycles. The number of nitrogens with one attached hydrogen (secondary N) is 2. The van der Waals surface area contributed by atoms with Crippen LogP contribution in [0.1, 0.15) is 82.5 Å². The van der Waals surface area contributed by atoms with Crippen LogP contribution in [0, 0.1) is 5.92 Å². The number of H-pyrrole nitrogens is 1. The second-order valence-corrected chi connectivity index (χ2v) is 13.6. The highest BCUT2D eigenvalue weighted by Crippen LogP contribution is 2.34. The maximum atomic E-state index is 13.5. The minimum atomic E-state index is -0.686. The largest absolute Gasteiger partial charge is 0.460 e. The average Bonchev–Trinajstić information content (AvgIpc) is 3.75. The molecule has 1 saturated heterocycles. The number of Topliss-reactive ketones (excluding diaryl/α,β-unsaturated/α-hetero) is 1. The van der Waals surface area contributed by atoms with Crippen molar-refractivity contribution in [2.75, 3.05) is 13.7 Å². The molecule has 2 N–H and O–H groups in total. The van der Waals surface area contributed by atoms with Crippen molar-refractivity contribution in [3.63, 3.8) is 0 Å². The second kappa shape index (κ2) is 14.4. The quantitative estimate of drug-likeness (QED) is 0.136. The number of imidazole rings is 1. The molecule has 10 nitrogen and oxygen atoms in total. The molecule has 48 heavy (non-hydrogen) atoms. The predicted octanol–water partition coefficient (Wildman–Crippen LogP) is 7.25. The zero-order valence-electron chi connectivity index (χ0n) is 28.5. The van der Waals surface area contributed by atoms with Crippen LogP contribution < -0.4 is 5.32 Å². The number of nitrogens with zero attached hydrogens (tertiary/aromatic N) is 2. The van der Waals surface area contributed by atoms with Crippen molar-refractivity contribution in [1.82, 2.24) is 20.2 Å². The van der Waals surface area contributed by atoms with Gasteiger partial charge in [-0.3, -0.25) is 14.4 Å². The highest BCUT2D eigenvalue weighted by atomic mass is 16.6. The van der Waals surface area contributed by atoms with Gasteiger partial charge in [-0.1, -0.05) is 62.4 Å². The van der Waals surface area contributed by atoms with Crippen LogP contribution in [-0.2, 0) is 19.1 Å². The molecule has 2 amide bonds. The van der Waals surface area contributed by atoms with Gasteiger partial charge < -0.3 is 24.7 Å². The summed E-state index contributed by atoms with van der Waals surface area (Å²) in [6.07, 6.45) is 2.96. The molecule has 0 radical (unpaired) electrons. The van der Waals surface area contributed by atoms with E-state index in [2.05, 4.69) is 45.6 Å². The zero-order valence-corrected chi connectivity index (χ0v) is 28.5. The van der Waals surface area contributed by atoms with Gasteiger partial charge in [0, 0.05) is 24.1 Å². The van der Waals surface area contributed by atoms with E-state index in [4.69, 9.17) is 9.47 Å². The number of alkyl carbamates (subject to hydrolysis) is 1. The molecule has 10 heteroatoms. The van der Waals surface area contributed by atoms with Gasteiger partial charge in [0.25, 0.3) is 0 Å². The van der Waals surface area contributed by atoms with Gasteiger partial charge in [0.05, 0.1) is 31.5 Å². The summed E-state index contributed by atoms with van der Waals surface area (Å²) in [6, 6.07) is 19.0. The number of hydrogen-bond acceptors (Lipinski definition) is 7. The van der Waals surface area contributed by atoms with E-state index < -0.39 is 17.7 Å². The molecule has 252 valence electrons. The average molecular weight is 653 g/mol. The van der Waals surface area contributed by atoms with E-state index in [0.717, 1.165) is 51.8 Å². The number of aromatic nitrogens is 2. The summed E-state index contributed by atoms with van der Waals surface area (Å²) in [5.74, 6) is 0.00527. The van der Waals surface area contributed by atoms with Gasteiger partial charge in [-0.2, -0.15) is 0 Å². The van der Waals surface area contributed by atoms with Crippen LogP contribution in [-0.4, -0.2) is 63.9 Å². The number of likely N-dealkylation sites (tertiary alicyclic amines) is 1. The Labute approximate surface area is 281 Å². The normalized spacial score (nSPS) is 15.4. The van der Waals surface area contributed by atoms with Crippen LogP contribution in [0.3, 0.4) is 0 Å². The van der Waals surface area contributed by atoms with E-state index >= 15 is 0 Å². The van der Waals surface area contributed by atoms with Gasteiger partial charge in [0.1, 0.15) is 17.5 Å². The summed E-state index contributed by atoms with van der Waals surface area (Å²) in [6.45, 7) is 9.81. The van der Waals surface area contributed by atoms with Crippen molar-refractivity contribution in [1.29, 1.82) is 0 Å². The van der Waals surface area contributed by atoms with Gasteiger partial charge in [-0.15, -0.1) is 0 Å². The predicted molar refractivity (Wildman–Crippen MR) is 184 cm³/mol. The highest BCUT2D eigenvalue weighted by Gasteiger charge is 2.37. The molecule has 0 bridgehead atoms. The Morgan fingerprint density at radius 3 is 2.23 bits per heavy atom. The third-order valence-corrected chi connectivity index (χ3v) is 8.51. The fourth-order valence-electron chi connectivity index (χ4n) is 6.04. The van der Waals surface area contributed by atoms with Gasteiger partial charge >= 0.3 is 12.1 Å². The van der Waals surface area contributed by atoms with E-state index in [1.165, 1.54) is 7.11 Å². The first-order valence-electron chi connectivity index (χ1n) is 16.4. The number of carbonyl (C=O) groups excluding carboxylic acids is 4. The Balaban J connectivity index is 1.26. The van der Waals surface area contributed by atoms with E-state index in [1.807, 2.05) is 32.0 Å². The summed E-state index contributed by atoms with van der Waals surface area (Å²) < 4.78 is 10.0. The van der Waals surface area contributed by atoms with Crippen LogP contribution in [0.4, 0.5) is 4.79 Å². The molecule has 0 spiro atoms. The van der Waals surface area contributed by atoms with Crippen LogP contribution in [0.25, 0.3) is 33.2 Å². The summed E-state index contributed by atoms with van der Waals surface area (Å²) >= 11 is 0. The van der Waals surface area contributed by atoms with Gasteiger partial charge in [0.15, 0.2) is 5.78 Å². The summed E-state index contributed by atoms with van der Waals surface area (Å²) in [4.78, 5) is 60.0. The van der Waals surface area contributed by atoms with Crippen molar-refractivity contribution >= 4 is 34.5 Å². The lowest BCUT2D eigenvalue weighted by Crippen LogP contribution is -2.51. The number of benzene rings is 3. The first kappa shape index (κ1) is 34.3. The maximum absolute atomic E-state index is 13.5. The summed E-state index contributed by atoms with van der Waals surface area (Å²) in [5, 5.41) is 4.82. The third kappa shape index (κ3) is 8.10. The first-order chi connectivity index (χ1) is 22.8. The van der Waals surface area contributed by atoms with Crippen molar-refractivity contribution in [3.05, 3.63) is 78.2 Å². The molecular weight excluding hydrogens is 608 g/mol. The van der Waals surface area contributed by atoms with E-state index in [0.29, 0.717) is 12.1 Å². The Morgan fingerprint density at radius 2 is 1.58 bits per heavy atom. The number of carbonyl (C=O) groups is 4. The van der Waals surface area contributed by atoms with E-state index in [9.17, 15) is 19.2 Å². The smallest absolute Gasteiger partial charge is 0.407 e. The van der Waals surface area contributed by atoms with Crippen molar-refractivity contribution < 1.29 is 28.7 Å². The second-order valence-electron chi connectivity index (χ2n) is 13.6. The van der Waals surface area contributed by atoms with E-state index in [1.54, 1.807) is 44.0 Å². The molecule has 4 aromatic rings. The number of amides is 2. The summed E-state index contributed by atoms with van der Waals surface area (Å²) in [5.41, 5.74) is 3.84. The number of esters is 1. The topological polar surface area (TPSA) is 131 Å². The minimum absolute atomic E-state index is 0.0536. The van der Waals surface area contributed by atoms with Gasteiger partial charge in [-0.05, 0) is 73.6 Å². The first-order valence-corrected chi connectivity index (χ1v) is 16.4. The Hall–Kier alpha value is -4.99. The lowest BCUT2D eigenvalue weighted by Gasteiger charge is -2.30. The Morgan fingerprint density at radius 1 is 0.938 bits per heavy atom. The maximum Gasteiger partial charge on any atom is 0.407 e. The number of aromatic amines is 1. The molecule has 1 fully saturated rings. The lowest BCUT2D eigenvalue weighted by molar-refractivity contribution is -0.154. The number of ether oxygens (including phenoxy) is 2. The molecule has 2 atom stereocenters. The number of fused-ring (bicyclic) bond motifs is 1. The van der Waals surface area contributed by atoms with Gasteiger partial charge in [0.2, 0.25) is 5.91 Å². The number of rotatable bonds is 10. The van der Waals surface area contributed by atoms with E-state index in [-0.39, 0.29) is 42.5 Å². The zero-order chi connectivity index (χ0) is 34.6. The summed E-state index contributed by atoms with van der Waals surface area (Å²) in [7, 11) is 1.29. The van der Waals surface area contributed by atoms with Crippen molar-refractivity contribution in [2.24, 2.45) is 5.92 Å². The standard InChI is InChI=1S/C38H44N4O6/c1-23(2)34(41-37(46)47-6)36(45)42-19-7-8-31(42)35-39-22-30(40-35)29-16-15-27-20-26(13-14-28(27)21-29)24-9-11-25(12-10-24)32(43)17-18-33(44)48-38(3,4)5/h9-16,20-23,31,34H,7-8,17-19H2,1-6H3,(H,39,40)(H,41,46)/t31-,34-/m0/s1. The SMILES string of the molecule is COC(=O)N[C@H](C(=O)N1CCC[C@H]1c1ncc(-c2ccc3cc(-c4ccc(C(=O)CCC(=O)OC(C)(C)C)cc4)ccc3c2)[nH]1)C(C)C. The van der Waals surface area contributed by atoms with Crippen molar-refractivity contribution in [3.8, 4) is 22.4 Å². The molecular formula is C38H44N4O6. The number of hydrogen-bond donors (Lipinski definition) is 2. The lowest BCUT2D eigenvalue weighted by atomic mass is 9.97. The van der Waals surface area contributed by atoms with Crippen molar-refractivity contribution in [2.45, 2.75) is 78.0 Å². The number of ketones is 1. The molecule has 5 rings (SSSR count). The molecule has 3 aromatic carbocycles. The molecule has 1 aromatic heterocycles. The van der Waals surface area contributed by atoms with Crippen LogP contribution in [0.15, 0.2) is 66.9 Å². The van der Waals surface area contributed by atoms with Crippen LogP contribution in [0.2, 0.25) is 0 Å². The molecule has 0 unspecified atom stereocenters. The number of methoxy groups -OCH3 is 1. The highest BCUT2D eigenvalue weighted by molar-refractivity contribution is 5.98. The molecule has 0 aliphatic carbocycles. The van der Waals surface area contributed by atoms with Crippen LogP contribution >= 0.6 is 0 Å². The Bertz CT molecular complexity index is 1800. The van der Waals surface area contributed by atoms with Gasteiger partial charge in [-0.25, -0.2) is 9.78 Å². The molecule has 2 heterocycles. The van der Waals surface area contributed by atoms with Crippen LogP contribution in [0.5, 0.6) is 0 Å². The Kier molecular flexibility index (Phi) is 10.3. The third-order valence-electron chi connectivity index (χ3n) is 8.51. The fraction of sp³-hybridized carbons (Fsp3) is 0.395. The fourth-order valence-corrected chi connectivity index (χ4v) is 6.04. The molecule has 0 saturated carbocycles. The molecule has 1 aliphatic rings. The monoisotopic (exact) mass is 652 g/mol. The minimum Gasteiger partial charge on any atom is -0.460 e.